The Hall–Kier alpha value is -0.930. The number of amides is 1. The van der Waals surface area contributed by atoms with Gasteiger partial charge in [-0.25, -0.2) is 4.79 Å². The molecule has 0 bridgehead atoms. The first-order chi connectivity index (χ1) is 12.3. The molecule has 0 aromatic carbocycles. The zero-order chi connectivity index (χ0) is 19.7. The molecule has 0 aliphatic carbocycles. The topological polar surface area (TPSA) is 84.5 Å². The van der Waals surface area contributed by atoms with Gasteiger partial charge >= 0.3 is 6.09 Å². The van der Waals surface area contributed by atoms with Crippen LogP contribution in [0.2, 0.25) is 0 Å². The summed E-state index contributed by atoms with van der Waals surface area (Å²) in [7, 11) is 0. The average Bonchev–Trinajstić information content (AvgIpc) is 2.52. The summed E-state index contributed by atoms with van der Waals surface area (Å²) in [4.78, 5) is 11.4. The largest absolute Gasteiger partial charge is 0.444 e. The highest BCUT2D eigenvalue weighted by Gasteiger charge is 2.15. The van der Waals surface area contributed by atoms with Crippen molar-refractivity contribution < 1.29 is 33.2 Å². The predicted molar refractivity (Wildman–Crippen MR) is 98.6 cm³/mol. The highest BCUT2D eigenvalue weighted by Crippen LogP contribution is 2.05. The summed E-state index contributed by atoms with van der Waals surface area (Å²) in [5.41, 5.74) is -0.491. The molecule has 0 unspecified atom stereocenters. The van der Waals surface area contributed by atoms with Crippen molar-refractivity contribution in [2.75, 3.05) is 66.0 Å². The summed E-state index contributed by atoms with van der Waals surface area (Å²) in [6, 6.07) is 0. The van der Waals surface area contributed by atoms with E-state index in [0.29, 0.717) is 66.0 Å². The summed E-state index contributed by atoms with van der Waals surface area (Å²) < 4.78 is 31.9. The fourth-order valence-corrected chi connectivity index (χ4v) is 1.64. The molecular formula is C18H37NO7. The number of rotatable bonds is 16. The van der Waals surface area contributed by atoms with Crippen molar-refractivity contribution in [1.29, 1.82) is 0 Å². The van der Waals surface area contributed by atoms with Gasteiger partial charge in [-0.1, -0.05) is 0 Å². The van der Waals surface area contributed by atoms with Crippen LogP contribution in [-0.4, -0.2) is 83.8 Å². The molecule has 26 heavy (non-hydrogen) atoms. The minimum absolute atomic E-state index is 0.234. The fourth-order valence-electron chi connectivity index (χ4n) is 1.64. The molecule has 0 radical (unpaired) electrons. The van der Waals surface area contributed by atoms with Crippen LogP contribution in [0.25, 0.3) is 0 Å². The molecule has 1 amide bonds. The molecule has 0 spiro atoms. The number of ether oxygens (including phenoxy) is 6. The van der Waals surface area contributed by atoms with Gasteiger partial charge in [-0.2, -0.15) is 0 Å². The first-order valence-electron chi connectivity index (χ1n) is 9.20. The molecule has 0 aromatic heterocycles. The molecule has 156 valence electrons. The maximum Gasteiger partial charge on any atom is 0.407 e. The number of alkyl carbamates (subject to hydrolysis) is 1. The minimum atomic E-state index is -0.491. The maximum atomic E-state index is 11.4. The van der Waals surface area contributed by atoms with Gasteiger partial charge in [0.15, 0.2) is 0 Å². The molecule has 8 heteroatoms. The number of carbonyl (C=O) groups excluding carboxylic acids is 1. The van der Waals surface area contributed by atoms with Gasteiger partial charge in [0.2, 0.25) is 0 Å². The van der Waals surface area contributed by atoms with Gasteiger partial charge in [-0.15, -0.1) is 0 Å². The lowest BCUT2D eigenvalue weighted by Gasteiger charge is -2.19. The van der Waals surface area contributed by atoms with Crippen LogP contribution in [0.3, 0.4) is 0 Å². The Morgan fingerprint density at radius 1 is 0.769 bits per heavy atom. The van der Waals surface area contributed by atoms with Crippen LogP contribution < -0.4 is 5.32 Å². The molecule has 0 aromatic rings. The molecule has 0 fully saturated rings. The summed E-state index contributed by atoms with van der Waals surface area (Å²) in [6.45, 7) is 14.5. The van der Waals surface area contributed by atoms with E-state index in [9.17, 15) is 4.79 Å². The Balaban J connectivity index is 3.15. The van der Waals surface area contributed by atoms with Crippen molar-refractivity contribution in [2.45, 2.75) is 46.3 Å². The zero-order valence-electron chi connectivity index (χ0n) is 17.0. The average molecular weight is 379 g/mol. The summed E-state index contributed by atoms with van der Waals surface area (Å²) in [5, 5.41) is 2.62. The van der Waals surface area contributed by atoms with E-state index in [4.69, 9.17) is 28.4 Å². The predicted octanol–water partition coefficient (Wildman–Crippen LogP) is 2.00. The van der Waals surface area contributed by atoms with E-state index < -0.39 is 11.7 Å². The monoisotopic (exact) mass is 379 g/mol. The Labute approximate surface area is 157 Å². The van der Waals surface area contributed by atoms with Gasteiger partial charge in [0.05, 0.1) is 65.6 Å². The van der Waals surface area contributed by atoms with Gasteiger partial charge in [-0.3, -0.25) is 0 Å². The van der Waals surface area contributed by atoms with Crippen molar-refractivity contribution >= 4 is 6.09 Å². The molecule has 0 saturated heterocycles. The number of carbonyl (C=O) groups is 1. The lowest BCUT2D eigenvalue weighted by molar-refractivity contribution is -0.0175. The van der Waals surface area contributed by atoms with Crippen LogP contribution in [-0.2, 0) is 28.4 Å². The van der Waals surface area contributed by atoms with E-state index >= 15 is 0 Å². The van der Waals surface area contributed by atoms with E-state index in [1.54, 1.807) is 0 Å². The van der Waals surface area contributed by atoms with Crippen molar-refractivity contribution in [2.24, 2.45) is 0 Å². The quantitative estimate of drug-likeness (QED) is 0.411. The van der Waals surface area contributed by atoms with Crippen LogP contribution in [0.15, 0.2) is 0 Å². The molecule has 0 aliphatic rings. The second-order valence-electron chi connectivity index (χ2n) is 6.80. The first-order valence-corrected chi connectivity index (χ1v) is 9.20. The van der Waals surface area contributed by atoms with E-state index in [0.717, 1.165) is 0 Å². The van der Waals surface area contributed by atoms with Crippen LogP contribution in [0.1, 0.15) is 34.6 Å². The molecule has 8 nitrogen and oxygen atoms in total. The SMILES string of the molecule is CC(C)OCCOCCOCCOCCOCCNC(=O)OC(C)(C)C. The van der Waals surface area contributed by atoms with Crippen molar-refractivity contribution in [3.05, 3.63) is 0 Å². The third kappa shape index (κ3) is 21.1. The second-order valence-corrected chi connectivity index (χ2v) is 6.80. The van der Waals surface area contributed by atoms with Crippen LogP contribution in [0.4, 0.5) is 4.79 Å². The highest BCUT2D eigenvalue weighted by molar-refractivity contribution is 5.67. The second kappa shape index (κ2) is 16.3. The first kappa shape index (κ1) is 25.1. The Bertz CT molecular complexity index is 332. The standard InChI is InChI=1S/C18H37NO7/c1-16(2)25-15-14-24-13-12-23-11-10-22-9-8-21-7-6-19-17(20)26-18(3,4)5/h16H,6-15H2,1-5H3,(H,19,20). The lowest BCUT2D eigenvalue weighted by Crippen LogP contribution is -2.34. The molecule has 0 aliphatic heterocycles. The number of nitrogens with one attached hydrogen (secondary N) is 1. The summed E-state index contributed by atoms with van der Waals surface area (Å²) in [5.74, 6) is 0. The van der Waals surface area contributed by atoms with E-state index in [1.165, 1.54) is 0 Å². The molecule has 0 rings (SSSR count). The van der Waals surface area contributed by atoms with Crippen LogP contribution >= 0.6 is 0 Å². The normalized spacial score (nSPS) is 11.8. The van der Waals surface area contributed by atoms with E-state index in [-0.39, 0.29) is 6.10 Å². The summed E-state index contributed by atoms with van der Waals surface area (Å²) >= 11 is 0. The van der Waals surface area contributed by atoms with E-state index in [1.807, 2.05) is 34.6 Å². The Morgan fingerprint density at radius 3 is 1.62 bits per heavy atom. The van der Waals surface area contributed by atoms with Crippen LogP contribution in [0.5, 0.6) is 0 Å². The van der Waals surface area contributed by atoms with Gasteiger partial charge in [0, 0.05) is 6.54 Å². The number of hydrogen-bond donors (Lipinski definition) is 1. The van der Waals surface area contributed by atoms with Gasteiger partial charge < -0.3 is 33.7 Å². The molecule has 0 atom stereocenters. The minimum Gasteiger partial charge on any atom is -0.444 e. The molecule has 0 heterocycles. The fraction of sp³-hybridized carbons (Fsp3) is 0.944. The zero-order valence-corrected chi connectivity index (χ0v) is 17.0. The summed E-state index contributed by atoms with van der Waals surface area (Å²) in [6.07, 6.45) is -0.205. The lowest BCUT2D eigenvalue weighted by atomic mass is 10.2. The van der Waals surface area contributed by atoms with Crippen molar-refractivity contribution in [1.82, 2.24) is 5.32 Å². The Kier molecular flexibility index (Phi) is 15.7. The molecule has 0 saturated carbocycles. The smallest absolute Gasteiger partial charge is 0.407 e. The van der Waals surface area contributed by atoms with Crippen LogP contribution in [0, 0.1) is 0 Å². The van der Waals surface area contributed by atoms with Gasteiger partial charge in [0.1, 0.15) is 5.60 Å². The maximum absolute atomic E-state index is 11.4. The third-order valence-corrected chi connectivity index (χ3v) is 2.71. The van der Waals surface area contributed by atoms with Crippen molar-refractivity contribution in [3.8, 4) is 0 Å². The molecular weight excluding hydrogens is 342 g/mol. The van der Waals surface area contributed by atoms with Gasteiger partial charge in [0.25, 0.3) is 0 Å². The highest BCUT2D eigenvalue weighted by atomic mass is 16.6. The number of hydrogen-bond acceptors (Lipinski definition) is 7. The van der Waals surface area contributed by atoms with Crippen molar-refractivity contribution in [3.63, 3.8) is 0 Å². The van der Waals surface area contributed by atoms with Gasteiger partial charge in [-0.05, 0) is 34.6 Å². The Morgan fingerprint density at radius 2 is 1.19 bits per heavy atom. The third-order valence-electron chi connectivity index (χ3n) is 2.71. The molecule has 1 N–H and O–H groups in total. The van der Waals surface area contributed by atoms with E-state index in [2.05, 4.69) is 5.32 Å².